The quantitative estimate of drug-likeness (QED) is 0.422. The van der Waals surface area contributed by atoms with Crippen LogP contribution >= 0.6 is 11.6 Å². The third-order valence-corrected chi connectivity index (χ3v) is 5.20. The van der Waals surface area contributed by atoms with E-state index in [2.05, 4.69) is 0 Å². The van der Waals surface area contributed by atoms with E-state index in [1.807, 2.05) is 79.5 Å². The van der Waals surface area contributed by atoms with Gasteiger partial charge in [0.2, 0.25) is 0 Å². The van der Waals surface area contributed by atoms with Gasteiger partial charge in [0.05, 0.1) is 13.2 Å². The minimum absolute atomic E-state index is 0.0324. The number of likely N-dealkylation sites (N-methyl/N-ethyl adjacent to an activating group) is 1. The molecule has 31 heavy (non-hydrogen) atoms. The van der Waals surface area contributed by atoms with Gasteiger partial charge in [-0.25, -0.2) is 0 Å². The van der Waals surface area contributed by atoms with Crippen LogP contribution in [0.1, 0.15) is 23.6 Å². The summed E-state index contributed by atoms with van der Waals surface area (Å²) >= 11 is 5.91. The standard InChI is InChI=1S/C25H26ClNO4/c1-18-16-22(31-21-10-8-20(26)9-11-21)12-13-24(18)30-15-14-23(27(2)17-25(28)29)19-6-4-3-5-7-19/h3-13,16,23H,14-15,17H2,1-2H3,(H,28,29). The zero-order valence-electron chi connectivity index (χ0n) is 17.6. The zero-order chi connectivity index (χ0) is 22.2. The highest BCUT2D eigenvalue weighted by atomic mass is 35.5. The van der Waals surface area contributed by atoms with Crippen LogP contribution in [0.5, 0.6) is 17.2 Å². The first-order valence-corrected chi connectivity index (χ1v) is 10.4. The molecule has 0 spiro atoms. The van der Waals surface area contributed by atoms with Gasteiger partial charge in [-0.3, -0.25) is 9.69 Å². The van der Waals surface area contributed by atoms with Gasteiger partial charge in [-0.15, -0.1) is 0 Å². The first-order valence-electron chi connectivity index (χ1n) is 10.1. The summed E-state index contributed by atoms with van der Waals surface area (Å²) in [4.78, 5) is 13.0. The topological polar surface area (TPSA) is 59.0 Å². The molecular formula is C25H26ClNO4. The van der Waals surface area contributed by atoms with Gasteiger partial charge in [0.1, 0.15) is 17.2 Å². The normalized spacial score (nSPS) is 11.9. The number of rotatable bonds is 10. The predicted octanol–water partition coefficient (Wildman–Crippen LogP) is 5.97. The Morgan fingerprint density at radius 3 is 2.35 bits per heavy atom. The molecule has 5 nitrogen and oxygen atoms in total. The Bertz CT molecular complexity index is 992. The van der Waals surface area contributed by atoms with Crippen LogP contribution in [0.2, 0.25) is 5.02 Å². The molecule has 0 saturated heterocycles. The minimum Gasteiger partial charge on any atom is -0.493 e. The Hall–Kier alpha value is -3.02. The van der Waals surface area contributed by atoms with E-state index < -0.39 is 5.97 Å². The second-order valence-electron chi connectivity index (χ2n) is 7.36. The Balaban J connectivity index is 1.62. The molecule has 0 bridgehead atoms. The number of carboxylic acid groups (broad SMARTS) is 1. The lowest BCUT2D eigenvalue weighted by Crippen LogP contribution is -2.31. The monoisotopic (exact) mass is 439 g/mol. The van der Waals surface area contributed by atoms with Crippen LogP contribution in [0, 0.1) is 6.92 Å². The van der Waals surface area contributed by atoms with Crippen molar-refractivity contribution in [2.24, 2.45) is 0 Å². The number of hydrogen-bond donors (Lipinski definition) is 1. The third-order valence-electron chi connectivity index (χ3n) is 4.95. The van der Waals surface area contributed by atoms with E-state index >= 15 is 0 Å². The largest absolute Gasteiger partial charge is 0.493 e. The fourth-order valence-electron chi connectivity index (χ4n) is 3.41. The Kier molecular flexibility index (Phi) is 7.93. The number of nitrogens with zero attached hydrogens (tertiary/aromatic N) is 1. The fraction of sp³-hybridized carbons (Fsp3) is 0.240. The van der Waals surface area contributed by atoms with Gasteiger partial charge >= 0.3 is 5.97 Å². The smallest absolute Gasteiger partial charge is 0.317 e. The molecule has 3 aromatic carbocycles. The van der Waals surface area contributed by atoms with Gasteiger partial charge in [-0.1, -0.05) is 41.9 Å². The molecule has 0 aromatic heterocycles. The highest BCUT2D eigenvalue weighted by Crippen LogP contribution is 2.29. The van der Waals surface area contributed by atoms with E-state index in [1.165, 1.54) is 0 Å². The molecule has 0 saturated carbocycles. The molecule has 0 radical (unpaired) electrons. The van der Waals surface area contributed by atoms with Crippen LogP contribution in [0.15, 0.2) is 72.8 Å². The number of ether oxygens (including phenoxy) is 2. The van der Waals surface area contributed by atoms with Crippen LogP contribution in [-0.2, 0) is 4.79 Å². The molecule has 3 rings (SSSR count). The van der Waals surface area contributed by atoms with Crippen molar-refractivity contribution in [2.75, 3.05) is 20.2 Å². The van der Waals surface area contributed by atoms with Crippen LogP contribution in [0.4, 0.5) is 0 Å². The number of hydrogen-bond acceptors (Lipinski definition) is 4. The molecule has 0 aliphatic heterocycles. The average Bonchev–Trinajstić information content (AvgIpc) is 2.74. The van der Waals surface area contributed by atoms with Crippen LogP contribution in [0.25, 0.3) is 0 Å². The second kappa shape index (κ2) is 10.8. The highest BCUT2D eigenvalue weighted by molar-refractivity contribution is 6.30. The molecule has 1 N–H and O–H groups in total. The Morgan fingerprint density at radius 2 is 1.71 bits per heavy atom. The van der Waals surface area contributed by atoms with Crippen molar-refractivity contribution in [1.29, 1.82) is 0 Å². The van der Waals surface area contributed by atoms with Gasteiger partial charge in [-0.2, -0.15) is 0 Å². The lowest BCUT2D eigenvalue weighted by molar-refractivity contribution is -0.138. The van der Waals surface area contributed by atoms with Crippen LogP contribution in [0.3, 0.4) is 0 Å². The maximum atomic E-state index is 11.2. The van der Waals surface area contributed by atoms with Crippen molar-refractivity contribution in [3.8, 4) is 17.2 Å². The van der Waals surface area contributed by atoms with E-state index in [-0.39, 0.29) is 12.6 Å². The number of carboxylic acids is 1. The van der Waals surface area contributed by atoms with E-state index in [4.69, 9.17) is 21.1 Å². The maximum absolute atomic E-state index is 11.2. The average molecular weight is 440 g/mol. The molecule has 3 aromatic rings. The molecule has 0 heterocycles. The number of halogens is 1. The Labute approximate surface area is 187 Å². The van der Waals surface area contributed by atoms with Crippen LogP contribution < -0.4 is 9.47 Å². The highest BCUT2D eigenvalue weighted by Gasteiger charge is 2.19. The first kappa shape index (κ1) is 22.7. The van der Waals surface area contributed by atoms with Crippen molar-refractivity contribution in [2.45, 2.75) is 19.4 Å². The molecule has 162 valence electrons. The summed E-state index contributed by atoms with van der Waals surface area (Å²) in [7, 11) is 1.82. The molecular weight excluding hydrogens is 414 g/mol. The van der Waals surface area contributed by atoms with Gasteiger partial charge < -0.3 is 14.6 Å². The summed E-state index contributed by atoms with van der Waals surface area (Å²) in [6.07, 6.45) is 0.663. The molecule has 1 atom stereocenters. The van der Waals surface area contributed by atoms with Crippen molar-refractivity contribution < 1.29 is 19.4 Å². The molecule has 0 aliphatic carbocycles. The Morgan fingerprint density at radius 1 is 1.03 bits per heavy atom. The summed E-state index contributed by atoms with van der Waals surface area (Å²) in [5.74, 6) is 1.35. The van der Waals surface area contributed by atoms with Gasteiger partial charge in [-0.05, 0) is 67.6 Å². The summed E-state index contributed by atoms with van der Waals surface area (Å²) in [6, 6.07) is 22.7. The fourth-order valence-corrected chi connectivity index (χ4v) is 3.53. The third kappa shape index (κ3) is 6.74. The zero-order valence-corrected chi connectivity index (χ0v) is 18.4. The number of aryl methyl sites for hydroxylation is 1. The SMILES string of the molecule is Cc1cc(Oc2ccc(Cl)cc2)ccc1OCCC(c1ccccc1)N(C)CC(=O)O. The first-order chi connectivity index (χ1) is 14.9. The maximum Gasteiger partial charge on any atom is 0.317 e. The van der Waals surface area contributed by atoms with Crippen LogP contribution in [-0.4, -0.2) is 36.2 Å². The van der Waals surface area contributed by atoms with Crippen molar-refractivity contribution >= 4 is 17.6 Å². The summed E-state index contributed by atoms with van der Waals surface area (Å²) in [5.41, 5.74) is 2.03. The molecule has 0 fully saturated rings. The van der Waals surface area contributed by atoms with Gasteiger partial charge in [0, 0.05) is 17.5 Å². The lowest BCUT2D eigenvalue weighted by atomic mass is 10.0. The minimum atomic E-state index is -0.850. The molecule has 1 unspecified atom stereocenters. The molecule has 6 heteroatoms. The van der Waals surface area contributed by atoms with E-state index in [0.717, 1.165) is 22.6 Å². The van der Waals surface area contributed by atoms with Crippen molar-refractivity contribution in [3.63, 3.8) is 0 Å². The lowest BCUT2D eigenvalue weighted by Gasteiger charge is -2.27. The van der Waals surface area contributed by atoms with Gasteiger partial charge in [0.25, 0.3) is 0 Å². The molecule has 0 aliphatic rings. The summed E-state index contributed by atoms with van der Waals surface area (Å²) < 4.78 is 11.9. The summed E-state index contributed by atoms with van der Waals surface area (Å²) in [6.45, 7) is 2.40. The molecule has 0 amide bonds. The van der Waals surface area contributed by atoms with E-state index in [1.54, 1.807) is 12.1 Å². The number of benzene rings is 3. The van der Waals surface area contributed by atoms with E-state index in [9.17, 15) is 9.90 Å². The predicted molar refractivity (Wildman–Crippen MR) is 122 cm³/mol. The van der Waals surface area contributed by atoms with Crippen molar-refractivity contribution in [1.82, 2.24) is 4.90 Å². The number of aliphatic carboxylic acids is 1. The van der Waals surface area contributed by atoms with Crippen molar-refractivity contribution in [3.05, 3.63) is 88.9 Å². The van der Waals surface area contributed by atoms with E-state index in [0.29, 0.717) is 23.8 Å². The second-order valence-corrected chi connectivity index (χ2v) is 7.79. The number of carbonyl (C=O) groups is 1. The van der Waals surface area contributed by atoms with Gasteiger partial charge in [0.15, 0.2) is 0 Å². The summed E-state index contributed by atoms with van der Waals surface area (Å²) in [5, 5.41) is 9.84.